The zero-order valence-electron chi connectivity index (χ0n) is 19.6. The van der Waals surface area contributed by atoms with Gasteiger partial charge >= 0.3 is 0 Å². The van der Waals surface area contributed by atoms with Gasteiger partial charge in [-0.3, -0.25) is 29.5 Å². The van der Waals surface area contributed by atoms with Crippen LogP contribution in [0.4, 0.5) is 11.4 Å². The number of Topliss-reactive ketones (excluding diaryl/α,β-unsaturated/α-hetero) is 1. The number of anilines is 1. The summed E-state index contributed by atoms with van der Waals surface area (Å²) < 4.78 is 5.19. The van der Waals surface area contributed by atoms with Gasteiger partial charge < -0.3 is 4.74 Å². The molecule has 2 fully saturated rings. The number of ether oxygens (including phenoxy) is 1. The molecule has 0 N–H and O–H groups in total. The van der Waals surface area contributed by atoms with Gasteiger partial charge in [0.05, 0.1) is 41.8 Å². The molecule has 3 aliphatic heterocycles. The van der Waals surface area contributed by atoms with Crippen LogP contribution in [0.25, 0.3) is 0 Å². The van der Waals surface area contributed by atoms with Crippen molar-refractivity contribution in [2.75, 3.05) is 12.0 Å². The van der Waals surface area contributed by atoms with Gasteiger partial charge in [0.15, 0.2) is 5.78 Å². The molecule has 0 unspecified atom stereocenters. The molecule has 0 saturated carbocycles. The summed E-state index contributed by atoms with van der Waals surface area (Å²) in [6.07, 6.45) is 1.63. The Balaban J connectivity index is 1.47. The van der Waals surface area contributed by atoms with E-state index in [4.69, 9.17) is 4.74 Å². The summed E-state index contributed by atoms with van der Waals surface area (Å²) in [7, 11) is 1.52. The number of benzene rings is 3. The van der Waals surface area contributed by atoms with Gasteiger partial charge in [-0.25, -0.2) is 4.90 Å². The lowest BCUT2D eigenvalue weighted by molar-refractivity contribution is -0.384. The van der Waals surface area contributed by atoms with Crippen LogP contribution in [0.15, 0.2) is 77.9 Å². The first-order chi connectivity index (χ1) is 17.9. The number of amides is 2. The van der Waals surface area contributed by atoms with Crippen LogP contribution >= 0.6 is 0 Å². The molecule has 184 valence electrons. The molecular formula is C27H20N4O6. The Bertz CT molecular complexity index is 1500. The first-order valence-electron chi connectivity index (χ1n) is 11.6. The van der Waals surface area contributed by atoms with Gasteiger partial charge in [-0.15, -0.1) is 0 Å². The van der Waals surface area contributed by atoms with Crippen LogP contribution in [0.1, 0.15) is 27.5 Å². The number of hydrogen-bond donors (Lipinski definition) is 0. The van der Waals surface area contributed by atoms with E-state index in [1.54, 1.807) is 35.5 Å². The van der Waals surface area contributed by atoms with Gasteiger partial charge in [-0.2, -0.15) is 5.10 Å². The summed E-state index contributed by atoms with van der Waals surface area (Å²) in [5.74, 6) is -2.77. The third-order valence-corrected chi connectivity index (χ3v) is 7.24. The van der Waals surface area contributed by atoms with E-state index < -0.39 is 40.7 Å². The van der Waals surface area contributed by atoms with E-state index in [0.29, 0.717) is 11.3 Å². The fourth-order valence-electron chi connectivity index (χ4n) is 5.59. The predicted octanol–water partition coefficient (Wildman–Crippen LogP) is 3.36. The molecule has 0 aromatic heterocycles. The van der Waals surface area contributed by atoms with Crippen molar-refractivity contribution >= 4 is 35.2 Å². The lowest BCUT2D eigenvalue weighted by atomic mass is 9.83. The molecule has 3 aromatic rings. The maximum absolute atomic E-state index is 13.9. The molecule has 0 aliphatic carbocycles. The maximum atomic E-state index is 13.9. The molecule has 0 radical (unpaired) electrons. The van der Waals surface area contributed by atoms with Crippen molar-refractivity contribution in [3.05, 3.63) is 99.6 Å². The van der Waals surface area contributed by atoms with Gasteiger partial charge in [0.25, 0.3) is 5.69 Å². The van der Waals surface area contributed by atoms with Gasteiger partial charge in [0.2, 0.25) is 11.8 Å². The summed E-state index contributed by atoms with van der Waals surface area (Å²) >= 11 is 0. The van der Waals surface area contributed by atoms with Crippen molar-refractivity contribution in [1.29, 1.82) is 0 Å². The van der Waals surface area contributed by atoms with E-state index in [2.05, 4.69) is 5.10 Å². The third kappa shape index (κ3) is 3.33. The van der Waals surface area contributed by atoms with Crippen molar-refractivity contribution < 1.29 is 24.0 Å². The number of nitro groups is 1. The van der Waals surface area contributed by atoms with E-state index in [9.17, 15) is 24.5 Å². The van der Waals surface area contributed by atoms with E-state index in [1.807, 2.05) is 24.3 Å². The number of imide groups is 1. The fourth-order valence-corrected chi connectivity index (χ4v) is 5.59. The van der Waals surface area contributed by atoms with E-state index in [-0.39, 0.29) is 17.2 Å². The summed E-state index contributed by atoms with van der Waals surface area (Å²) in [6, 6.07) is 17.7. The number of hydrogen-bond acceptors (Lipinski definition) is 8. The van der Waals surface area contributed by atoms with Gasteiger partial charge in [-0.1, -0.05) is 30.3 Å². The smallest absolute Gasteiger partial charge is 0.271 e. The van der Waals surface area contributed by atoms with Gasteiger partial charge in [-0.05, 0) is 41.5 Å². The second-order valence-electron chi connectivity index (χ2n) is 9.08. The molecule has 2 amide bonds. The SMILES string of the molecule is COc1ccc(C(=O)[C@H]2[C@H]3C(=O)N(c4cccc([N+](=O)[O-])c4)C(=O)[C@H]3[C@@H]3c4ccccc4C=NN23)cc1. The maximum Gasteiger partial charge on any atom is 0.271 e. The lowest BCUT2D eigenvalue weighted by Gasteiger charge is -2.33. The Morgan fingerprint density at radius 3 is 2.43 bits per heavy atom. The molecule has 6 rings (SSSR count). The molecule has 10 heteroatoms. The molecule has 3 heterocycles. The highest BCUT2D eigenvalue weighted by atomic mass is 16.6. The van der Waals surface area contributed by atoms with Gasteiger partial charge in [0, 0.05) is 17.7 Å². The number of nitro benzene ring substituents is 1. The van der Waals surface area contributed by atoms with Crippen LogP contribution in [0, 0.1) is 22.0 Å². The monoisotopic (exact) mass is 496 g/mol. The average Bonchev–Trinajstić information content (AvgIpc) is 3.40. The topological polar surface area (TPSA) is 122 Å². The molecule has 37 heavy (non-hydrogen) atoms. The van der Waals surface area contributed by atoms with Crippen LogP contribution in [0.3, 0.4) is 0 Å². The zero-order chi connectivity index (χ0) is 25.8. The second-order valence-corrected chi connectivity index (χ2v) is 9.08. The Kier molecular flexibility index (Phi) is 5.11. The Morgan fingerprint density at radius 2 is 1.70 bits per heavy atom. The largest absolute Gasteiger partial charge is 0.497 e. The van der Waals surface area contributed by atoms with E-state index in [0.717, 1.165) is 16.0 Å². The normalized spacial score (nSPS) is 23.5. The number of carbonyl (C=O) groups excluding carboxylic acids is 3. The van der Waals surface area contributed by atoms with Crippen LogP contribution in [-0.2, 0) is 9.59 Å². The molecule has 3 aliphatic rings. The molecule has 0 bridgehead atoms. The summed E-state index contributed by atoms with van der Waals surface area (Å²) in [5.41, 5.74) is 1.81. The van der Waals surface area contributed by atoms with Crippen LogP contribution in [-0.4, -0.2) is 46.9 Å². The molecular weight excluding hydrogens is 476 g/mol. The lowest BCUT2D eigenvalue weighted by Crippen LogP contribution is -2.44. The molecule has 4 atom stereocenters. The van der Waals surface area contributed by atoms with Crippen LogP contribution in [0.5, 0.6) is 5.75 Å². The van der Waals surface area contributed by atoms with Crippen molar-refractivity contribution in [2.45, 2.75) is 12.1 Å². The Labute approximate surface area is 210 Å². The zero-order valence-corrected chi connectivity index (χ0v) is 19.6. The summed E-state index contributed by atoms with van der Waals surface area (Å²) in [5, 5.41) is 17.4. The highest BCUT2D eigenvalue weighted by Gasteiger charge is 2.65. The number of fused-ring (bicyclic) bond motifs is 5. The van der Waals surface area contributed by atoms with Gasteiger partial charge in [0.1, 0.15) is 11.8 Å². The van der Waals surface area contributed by atoms with Crippen molar-refractivity contribution in [3.8, 4) is 5.75 Å². The number of methoxy groups -OCH3 is 1. The predicted molar refractivity (Wildman–Crippen MR) is 132 cm³/mol. The number of carbonyl (C=O) groups is 3. The van der Waals surface area contributed by atoms with Crippen molar-refractivity contribution in [2.24, 2.45) is 16.9 Å². The molecule has 3 aromatic carbocycles. The quantitative estimate of drug-likeness (QED) is 0.230. The Morgan fingerprint density at radius 1 is 0.973 bits per heavy atom. The average molecular weight is 496 g/mol. The van der Waals surface area contributed by atoms with E-state index >= 15 is 0 Å². The standard InChI is InChI=1S/C27H20N4O6/c1-37-19-11-9-15(10-12-19)25(32)24-22-21(23-20-8-3-2-5-16(20)14-28-30(23)24)26(33)29(27(22)34)17-6-4-7-18(13-17)31(35)36/h2-14,21-24H,1H3/t21-,22+,23+,24-/m1/s1. The first-order valence-corrected chi connectivity index (χ1v) is 11.6. The van der Waals surface area contributed by atoms with Crippen LogP contribution < -0.4 is 9.64 Å². The Hall–Kier alpha value is -4.86. The summed E-state index contributed by atoms with van der Waals surface area (Å²) in [4.78, 5) is 53.3. The minimum atomic E-state index is -1.03. The molecule has 10 nitrogen and oxygen atoms in total. The highest BCUT2D eigenvalue weighted by molar-refractivity contribution is 6.24. The molecule has 2 saturated heterocycles. The van der Waals surface area contributed by atoms with E-state index in [1.165, 1.54) is 31.4 Å². The minimum absolute atomic E-state index is 0.105. The van der Waals surface area contributed by atoms with Crippen molar-refractivity contribution in [3.63, 3.8) is 0 Å². The molecule has 0 spiro atoms. The highest BCUT2D eigenvalue weighted by Crippen LogP contribution is 2.53. The van der Waals surface area contributed by atoms with Crippen molar-refractivity contribution in [1.82, 2.24) is 5.01 Å². The first kappa shape index (κ1) is 22.6. The number of nitrogens with zero attached hydrogens (tertiary/aromatic N) is 4. The number of rotatable bonds is 5. The minimum Gasteiger partial charge on any atom is -0.497 e. The number of non-ortho nitro benzene ring substituents is 1. The third-order valence-electron chi connectivity index (χ3n) is 7.24. The van der Waals surface area contributed by atoms with Crippen LogP contribution in [0.2, 0.25) is 0 Å². The fraction of sp³-hybridized carbons (Fsp3) is 0.185. The second kappa shape index (κ2) is 8.37. The number of ketones is 1. The number of hydrazone groups is 1. The summed E-state index contributed by atoms with van der Waals surface area (Å²) in [6.45, 7) is 0.